The Labute approximate surface area is 134 Å². The number of methoxy groups -OCH3 is 2. The SMILES string of the molecule is CCOC(=O)c1ccc(Sc2ccc(OC)cc2OC)cc1. The summed E-state index contributed by atoms with van der Waals surface area (Å²) in [5.41, 5.74) is 0.549. The van der Waals surface area contributed by atoms with E-state index in [4.69, 9.17) is 14.2 Å². The maximum atomic E-state index is 11.6. The molecule has 0 spiro atoms. The van der Waals surface area contributed by atoms with Gasteiger partial charge < -0.3 is 14.2 Å². The van der Waals surface area contributed by atoms with Gasteiger partial charge in [-0.15, -0.1) is 0 Å². The van der Waals surface area contributed by atoms with Crippen molar-refractivity contribution in [1.29, 1.82) is 0 Å². The topological polar surface area (TPSA) is 44.8 Å². The normalized spacial score (nSPS) is 10.1. The molecule has 22 heavy (non-hydrogen) atoms. The van der Waals surface area contributed by atoms with Gasteiger partial charge in [0.1, 0.15) is 11.5 Å². The van der Waals surface area contributed by atoms with Crippen LogP contribution in [0.4, 0.5) is 0 Å². The predicted octanol–water partition coefficient (Wildman–Crippen LogP) is 4.03. The van der Waals surface area contributed by atoms with Gasteiger partial charge in [0.2, 0.25) is 0 Å². The van der Waals surface area contributed by atoms with Gasteiger partial charge in [-0.05, 0) is 43.3 Å². The molecule has 116 valence electrons. The third kappa shape index (κ3) is 3.95. The summed E-state index contributed by atoms with van der Waals surface area (Å²) in [4.78, 5) is 13.6. The van der Waals surface area contributed by atoms with Crippen LogP contribution in [-0.4, -0.2) is 26.8 Å². The van der Waals surface area contributed by atoms with Crippen LogP contribution in [-0.2, 0) is 4.74 Å². The van der Waals surface area contributed by atoms with Crippen molar-refractivity contribution < 1.29 is 19.0 Å². The zero-order valence-corrected chi connectivity index (χ0v) is 13.6. The number of carbonyl (C=O) groups is 1. The van der Waals surface area contributed by atoms with Crippen LogP contribution in [0.3, 0.4) is 0 Å². The standard InChI is InChI=1S/C17H18O4S/c1-4-21-17(18)12-5-8-14(9-6-12)22-16-10-7-13(19-2)11-15(16)20-3/h5-11H,4H2,1-3H3. The summed E-state index contributed by atoms with van der Waals surface area (Å²) in [5, 5.41) is 0. The Morgan fingerprint density at radius 3 is 2.36 bits per heavy atom. The summed E-state index contributed by atoms with van der Waals surface area (Å²) in [6.45, 7) is 2.16. The Morgan fingerprint density at radius 1 is 1.05 bits per heavy atom. The minimum atomic E-state index is -0.305. The van der Waals surface area contributed by atoms with Crippen molar-refractivity contribution >= 4 is 17.7 Å². The van der Waals surface area contributed by atoms with Crippen molar-refractivity contribution in [1.82, 2.24) is 0 Å². The molecule has 0 atom stereocenters. The molecule has 0 aliphatic carbocycles. The number of esters is 1. The van der Waals surface area contributed by atoms with E-state index in [1.807, 2.05) is 30.3 Å². The molecule has 0 saturated heterocycles. The lowest BCUT2D eigenvalue weighted by molar-refractivity contribution is 0.0526. The van der Waals surface area contributed by atoms with E-state index in [9.17, 15) is 4.79 Å². The van der Waals surface area contributed by atoms with Gasteiger partial charge in [0.15, 0.2) is 0 Å². The van der Waals surface area contributed by atoms with Crippen molar-refractivity contribution in [2.24, 2.45) is 0 Å². The van der Waals surface area contributed by atoms with Crippen LogP contribution in [0.25, 0.3) is 0 Å². The second-order valence-corrected chi connectivity index (χ2v) is 5.48. The number of rotatable bonds is 6. The van der Waals surface area contributed by atoms with Crippen molar-refractivity contribution in [3.05, 3.63) is 48.0 Å². The maximum Gasteiger partial charge on any atom is 0.338 e. The highest BCUT2D eigenvalue weighted by atomic mass is 32.2. The highest BCUT2D eigenvalue weighted by Gasteiger charge is 2.09. The largest absolute Gasteiger partial charge is 0.497 e. The van der Waals surface area contributed by atoms with Crippen LogP contribution in [0.2, 0.25) is 0 Å². The summed E-state index contributed by atoms with van der Waals surface area (Å²) < 4.78 is 15.5. The molecular weight excluding hydrogens is 300 g/mol. The van der Waals surface area contributed by atoms with E-state index in [2.05, 4.69) is 0 Å². The van der Waals surface area contributed by atoms with E-state index in [-0.39, 0.29) is 5.97 Å². The van der Waals surface area contributed by atoms with Crippen molar-refractivity contribution in [3.8, 4) is 11.5 Å². The Hall–Kier alpha value is -2.14. The van der Waals surface area contributed by atoms with Crippen molar-refractivity contribution in [3.63, 3.8) is 0 Å². The Bertz CT molecular complexity index is 638. The third-order valence-corrected chi connectivity index (χ3v) is 4.03. The molecule has 0 bridgehead atoms. The van der Waals surface area contributed by atoms with E-state index < -0.39 is 0 Å². The molecule has 5 heteroatoms. The predicted molar refractivity (Wildman–Crippen MR) is 86.1 cm³/mol. The molecule has 0 amide bonds. The molecule has 0 radical (unpaired) electrons. The first-order valence-electron chi connectivity index (χ1n) is 6.85. The molecule has 0 heterocycles. The van der Waals surface area contributed by atoms with Crippen LogP contribution in [0.5, 0.6) is 11.5 Å². The minimum Gasteiger partial charge on any atom is -0.497 e. The van der Waals surface area contributed by atoms with Gasteiger partial charge in [-0.1, -0.05) is 11.8 Å². The fraction of sp³-hybridized carbons (Fsp3) is 0.235. The Kier molecular flexibility index (Phi) is 5.72. The zero-order valence-electron chi connectivity index (χ0n) is 12.8. The number of benzene rings is 2. The first kappa shape index (κ1) is 16.2. The van der Waals surface area contributed by atoms with E-state index in [0.717, 1.165) is 21.3 Å². The van der Waals surface area contributed by atoms with Gasteiger partial charge in [0, 0.05) is 11.0 Å². The zero-order chi connectivity index (χ0) is 15.9. The first-order chi connectivity index (χ1) is 10.7. The van der Waals surface area contributed by atoms with Gasteiger partial charge in [0.05, 0.1) is 31.3 Å². The number of hydrogen-bond donors (Lipinski definition) is 0. The van der Waals surface area contributed by atoms with Crippen LogP contribution in [0, 0.1) is 0 Å². The molecule has 2 aromatic carbocycles. The van der Waals surface area contributed by atoms with E-state index in [1.165, 1.54) is 0 Å². The molecule has 0 aliphatic rings. The summed E-state index contributed by atoms with van der Waals surface area (Å²) in [6.07, 6.45) is 0. The molecule has 0 aromatic heterocycles. The molecule has 0 fully saturated rings. The van der Waals surface area contributed by atoms with Crippen LogP contribution in [0.15, 0.2) is 52.3 Å². The van der Waals surface area contributed by atoms with Crippen molar-refractivity contribution in [2.45, 2.75) is 16.7 Å². The Balaban J connectivity index is 2.15. The van der Waals surface area contributed by atoms with Gasteiger partial charge in [-0.2, -0.15) is 0 Å². The lowest BCUT2D eigenvalue weighted by Gasteiger charge is -2.10. The van der Waals surface area contributed by atoms with Crippen LogP contribution < -0.4 is 9.47 Å². The lowest BCUT2D eigenvalue weighted by Crippen LogP contribution is -2.03. The van der Waals surface area contributed by atoms with Crippen molar-refractivity contribution in [2.75, 3.05) is 20.8 Å². The third-order valence-electron chi connectivity index (χ3n) is 2.96. The van der Waals surface area contributed by atoms with Crippen LogP contribution in [0.1, 0.15) is 17.3 Å². The lowest BCUT2D eigenvalue weighted by atomic mass is 10.2. The highest BCUT2D eigenvalue weighted by Crippen LogP contribution is 2.37. The molecule has 0 N–H and O–H groups in total. The van der Waals surface area contributed by atoms with Gasteiger partial charge in [-0.3, -0.25) is 0 Å². The summed E-state index contributed by atoms with van der Waals surface area (Å²) in [5.74, 6) is 1.19. The smallest absolute Gasteiger partial charge is 0.338 e. The van der Waals surface area contributed by atoms with Gasteiger partial charge >= 0.3 is 5.97 Å². The number of ether oxygens (including phenoxy) is 3. The fourth-order valence-electron chi connectivity index (χ4n) is 1.86. The molecule has 4 nitrogen and oxygen atoms in total. The van der Waals surface area contributed by atoms with E-state index in [1.54, 1.807) is 45.0 Å². The molecule has 0 unspecified atom stereocenters. The molecular formula is C17H18O4S. The summed E-state index contributed by atoms with van der Waals surface area (Å²) in [7, 11) is 3.25. The summed E-state index contributed by atoms with van der Waals surface area (Å²) >= 11 is 1.56. The molecule has 2 aromatic rings. The van der Waals surface area contributed by atoms with Gasteiger partial charge in [-0.25, -0.2) is 4.79 Å². The van der Waals surface area contributed by atoms with E-state index >= 15 is 0 Å². The second kappa shape index (κ2) is 7.75. The Morgan fingerprint density at radius 2 is 1.77 bits per heavy atom. The van der Waals surface area contributed by atoms with Crippen LogP contribution >= 0.6 is 11.8 Å². The first-order valence-corrected chi connectivity index (χ1v) is 7.66. The monoisotopic (exact) mass is 318 g/mol. The fourth-order valence-corrected chi connectivity index (χ4v) is 2.76. The molecule has 2 rings (SSSR count). The average molecular weight is 318 g/mol. The number of hydrogen-bond acceptors (Lipinski definition) is 5. The molecule has 0 saturated carbocycles. The average Bonchev–Trinajstić information content (AvgIpc) is 2.56. The molecule has 0 aliphatic heterocycles. The van der Waals surface area contributed by atoms with E-state index in [0.29, 0.717) is 12.2 Å². The second-order valence-electron chi connectivity index (χ2n) is 4.36. The highest BCUT2D eigenvalue weighted by molar-refractivity contribution is 7.99. The maximum absolute atomic E-state index is 11.6. The summed E-state index contributed by atoms with van der Waals surface area (Å²) in [6, 6.07) is 13.0. The minimum absolute atomic E-state index is 0.305. The number of carbonyl (C=O) groups excluding carboxylic acids is 1. The van der Waals surface area contributed by atoms with Gasteiger partial charge in [0.25, 0.3) is 0 Å². The quantitative estimate of drug-likeness (QED) is 0.752.